The smallest absolute Gasteiger partial charge is 0.00220 e. The molecule has 0 amide bonds. The zero-order valence-electron chi connectivity index (χ0n) is 12.3. The zero-order chi connectivity index (χ0) is 12.9. The summed E-state index contributed by atoms with van der Waals surface area (Å²) in [5.41, 5.74) is 6.34. The molecule has 0 saturated carbocycles. The molecule has 0 aromatic rings. The fraction of sp³-hybridized carbons (Fsp3) is 1.00. The van der Waals surface area contributed by atoms with Crippen LogP contribution in [0.15, 0.2) is 0 Å². The highest BCUT2D eigenvalue weighted by Gasteiger charge is 2.23. The van der Waals surface area contributed by atoms with Crippen molar-refractivity contribution in [2.45, 2.75) is 53.4 Å². The summed E-state index contributed by atoms with van der Waals surface area (Å²) in [4.78, 5) is 2.65. The molecule has 0 aromatic carbocycles. The minimum atomic E-state index is 0.407. The Kier molecular flexibility index (Phi) is 5.94. The van der Waals surface area contributed by atoms with Gasteiger partial charge >= 0.3 is 0 Å². The monoisotopic (exact) mass is 240 g/mol. The lowest BCUT2D eigenvalue weighted by Gasteiger charge is -2.36. The van der Waals surface area contributed by atoms with Crippen LogP contribution in [0.3, 0.4) is 0 Å². The van der Waals surface area contributed by atoms with Gasteiger partial charge in [-0.1, -0.05) is 34.1 Å². The zero-order valence-corrected chi connectivity index (χ0v) is 12.3. The molecule has 0 aliphatic carbocycles. The Balaban J connectivity index is 2.39. The molecule has 1 saturated heterocycles. The molecule has 17 heavy (non-hydrogen) atoms. The molecule has 2 atom stereocenters. The second-order valence-corrected chi connectivity index (χ2v) is 7.04. The van der Waals surface area contributed by atoms with Gasteiger partial charge in [0.05, 0.1) is 0 Å². The molecule has 1 aliphatic heterocycles. The third-order valence-corrected chi connectivity index (χ3v) is 3.93. The standard InChI is InChI=1S/C15H32N2/c1-5-13-7-6-8-17(11-13)12-14(10-16)9-15(2,3)4/h13-14H,5-12,16H2,1-4H3. The van der Waals surface area contributed by atoms with E-state index >= 15 is 0 Å². The SMILES string of the molecule is CCC1CCCN(CC(CN)CC(C)(C)C)C1. The number of hydrogen-bond donors (Lipinski definition) is 1. The first kappa shape index (κ1) is 15.0. The van der Waals surface area contributed by atoms with Gasteiger partial charge in [0.2, 0.25) is 0 Å². The van der Waals surface area contributed by atoms with Crippen molar-refractivity contribution < 1.29 is 0 Å². The minimum Gasteiger partial charge on any atom is -0.330 e. The van der Waals surface area contributed by atoms with Gasteiger partial charge in [-0.2, -0.15) is 0 Å². The van der Waals surface area contributed by atoms with Gasteiger partial charge in [-0.05, 0) is 49.6 Å². The summed E-state index contributed by atoms with van der Waals surface area (Å²) in [6.45, 7) is 13.9. The van der Waals surface area contributed by atoms with Crippen molar-refractivity contribution in [1.29, 1.82) is 0 Å². The number of piperidine rings is 1. The molecular weight excluding hydrogens is 208 g/mol. The maximum Gasteiger partial charge on any atom is 0.00220 e. The maximum absolute atomic E-state index is 5.94. The third-order valence-electron chi connectivity index (χ3n) is 3.93. The molecular formula is C15H32N2. The maximum atomic E-state index is 5.94. The van der Waals surface area contributed by atoms with Gasteiger partial charge in [-0.25, -0.2) is 0 Å². The van der Waals surface area contributed by atoms with Crippen LogP contribution in [0.25, 0.3) is 0 Å². The molecule has 1 fully saturated rings. The van der Waals surface area contributed by atoms with Gasteiger partial charge in [0.25, 0.3) is 0 Å². The van der Waals surface area contributed by atoms with Crippen LogP contribution in [0.4, 0.5) is 0 Å². The van der Waals surface area contributed by atoms with Crippen molar-refractivity contribution in [1.82, 2.24) is 4.90 Å². The molecule has 1 rings (SSSR count). The normalized spacial score (nSPS) is 24.9. The van der Waals surface area contributed by atoms with E-state index in [1.54, 1.807) is 0 Å². The molecule has 0 aromatic heterocycles. The van der Waals surface area contributed by atoms with E-state index in [1.807, 2.05) is 0 Å². The quantitative estimate of drug-likeness (QED) is 0.800. The first-order valence-corrected chi connectivity index (χ1v) is 7.37. The van der Waals surface area contributed by atoms with Crippen LogP contribution in [-0.4, -0.2) is 31.1 Å². The van der Waals surface area contributed by atoms with Crippen LogP contribution in [-0.2, 0) is 0 Å². The van der Waals surface area contributed by atoms with Crippen LogP contribution in [0.2, 0.25) is 0 Å². The van der Waals surface area contributed by atoms with Crippen molar-refractivity contribution in [3.8, 4) is 0 Å². The van der Waals surface area contributed by atoms with E-state index in [4.69, 9.17) is 5.73 Å². The first-order valence-electron chi connectivity index (χ1n) is 7.37. The summed E-state index contributed by atoms with van der Waals surface area (Å²) in [7, 11) is 0. The van der Waals surface area contributed by atoms with Crippen molar-refractivity contribution in [3.05, 3.63) is 0 Å². The third kappa shape index (κ3) is 5.87. The molecule has 2 unspecified atom stereocenters. The van der Waals surface area contributed by atoms with Crippen molar-refractivity contribution >= 4 is 0 Å². The summed E-state index contributed by atoms with van der Waals surface area (Å²) in [6, 6.07) is 0. The molecule has 2 heteroatoms. The van der Waals surface area contributed by atoms with E-state index < -0.39 is 0 Å². The summed E-state index contributed by atoms with van der Waals surface area (Å²) in [5, 5.41) is 0. The number of nitrogens with two attached hydrogens (primary N) is 1. The number of hydrogen-bond acceptors (Lipinski definition) is 2. The van der Waals surface area contributed by atoms with Gasteiger partial charge in [-0.3, -0.25) is 0 Å². The van der Waals surface area contributed by atoms with Crippen LogP contribution >= 0.6 is 0 Å². The van der Waals surface area contributed by atoms with E-state index in [0.717, 1.165) is 12.5 Å². The van der Waals surface area contributed by atoms with E-state index in [-0.39, 0.29) is 0 Å². The number of nitrogens with zero attached hydrogens (tertiary/aromatic N) is 1. The number of likely N-dealkylation sites (tertiary alicyclic amines) is 1. The summed E-state index contributed by atoms with van der Waals surface area (Å²) >= 11 is 0. The van der Waals surface area contributed by atoms with Gasteiger partial charge in [0.1, 0.15) is 0 Å². The lowest BCUT2D eigenvalue weighted by Crippen LogP contribution is -2.40. The van der Waals surface area contributed by atoms with Crippen molar-refractivity contribution in [3.63, 3.8) is 0 Å². The largest absolute Gasteiger partial charge is 0.330 e. The van der Waals surface area contributed by atoms with Crippen molar-refractivity contribution in [2.75, 3.05) is 26.2 Å². The molecule has 0 radical (unpaired) electrons. The molecule has 2 nitrogen and oxygen atoms in total. The molecule has 1 heterocycles. The predicted octanol–water partition coefficient (Wildman–Crippen LogP) is 3.12. The van der Waals surface area contributed by atoms with Crippen molar-refractivity contribution in [2.24, 2.45) is 23.0 Å². The summed E-state index contributed by atoms with van der Waals surface area (Å²) in [6.07, 6.45) is 5.39. The molecule has 0 spiro atoms. The van der Waals surface area contributed by atoms with Crippen LogP contribution in [0.1, 0.15) is 53.4 Å². The first-order chi connectivity index (χ1) is 7.94. The fourth-order valence-corrected chi connectivity index (χ4v) is 3.10. The molecule has 1 aliphatic rings. The Labute approximate surface area is 108 Å². The van der Waals surface area contributed by atoms with E-state index in [0.29, 0.717) is 11.3 Å². The average Bonchev–Trinajstić information content (AvgIpc) is 2.26. The highest BCUT2D eigenvalue weighted by molar-refractivity contribution is 4.77. The second-order valence-electron chi connectivity index (χ2n) is 7.04. The van der Waals surface area contributed by atoms with Crippen LogP contribution < -0.4 is 5.73 Å². The minimum absolute atomic E-state index is 0.407. The summed E-state index contributed by atoms with van der Waals surface area (Å²) < 4.78 is 0. The predicted molar refractivity (Wildman–Crippen MR) is 76.1 cm³/mol. The Morgan fingerprint density at radius 3 is 2.59 bits per heavy atom. The average molecular weight is 240 g/mol. The lowest BCUT2D eigenvalue weighted by molar-refractivity contribution is 0.135. The molecule has 102 valence electrons. The Morgan fingerprint density at radius 1 is 1.35 bits per heavy atom. The van der Waals surface area contributed by atoms with Gasteiger partial charge in [-0.15, -0.1) is 0 Å². The van der Waals surface area contributed by atoms with Gasteiger partial charge in [0.15, 0.2) is 0 Å². The highest BCUT2D eigenvalue weighted by atomic mass is 15.1. The molecule has 0 bridgehead atoms. The Morgan fingerprint density at radius 2 is 2.06 bits per heavy atom. The van der Waals surface area contributed by atoms with E-state index in [2.05, 4.69) is 32.6 Å². The van der Waals surface area contributed by atoms with Crippen LogP contribution in [0.5, 0.6) is 0 Å². The van der Waals surface area contributed by atoms with Gasteiger partial charge < -0.3 is 10.6 Å². The fourth-order valence-electron chi connectivity index (χ4n) is 3.10. The molecule has 2 N–H and O–H groups in total. The number of rotatable bonds is 5. The van der Waals surface area contributed by atoms with Crippen LogP contribution in [0, 0.1) is 17.3 Å². The van der Waals surface area contributed by atoms with E-state index in [9.17, 15) is 0 Å². The Bertz CT molecular complexity index is 207. The lowest BCUT2D eigenvalue weighted by atomic mass is 9.84. The summed E-state index contributed by atoms with van der Waals surface area (Å²) in [5.74, 6) is 1.60. The topological polar surface area (TPSA) is 29.3 Å². The Hall–Kier alpha value is -0.0800. The second kappa shape index (κ2) is 6.75. The van der Waals surface area contributed by atoms with E-state index in [1.165, 1.54) is 45.3 Å². The highest BCUT2D eigenvalue weighted by Crippen LogP contribution is 2.26. The van der Waals surface area contributed by atoms with Gasteiger partial charge in [0, 0.05) is 13.1 Å².